The number of pyridine rings is 1. The highest BCUT2D eigenvalue weighted by Gasteiger charge is 2.11. The molecule has 110 valence electrons. The van der Waals surface area contributed by atoms with Crippen molar-refractivity contribution >= 4 is 12.0 Å². The van der Waals surface area contributed by atoms with Crippen molar-refractivity contribution in [3.8, 4) is 0 Å². The summed E-state index contributed by atoms with van der Waals surface area (Å²) in [5.74, 6) is -0.927. The fraction of sp³-hybridized carbons (Fsp3) is 0.214. The molecule has 1 unspecified atom stereocenters. The second-order valence-electron chi connectivity index (χ2n) is 4.41. The highest BCUT2D eigenvalue weighted by Crippen LogP contribution is 2.10. The molecule has 0 aliphatic heterocycles. The van der Waals surface area contributed by atoms with Crippen LogP contribution in [0.25, 0.3) is 0 Å². The number of furan rings is 1. The zero-order valence-corrected chi connectivity index (χ0v) is 11.4. The molecule has 0 spiro atoms. The lowest BCUT2D eigenvalue weighted by Crippen LogP contribution is -2.36. The molecule has 21 heavy (non-hydrogen) atoms. The summed E-state index contributed by atoms with van der Waals surface area (Å²) < 4.78 is 5.03. The molecule has 2 heterocycles. The second kappa shape index (κ2) is 6.56. The molecule has 0 saturated carbocycles. The number of aromatic carboxylic acids is 1. The Labute approximate surface area is 121 Å². The van der Waals surface area contributed by atoms with Gasteiger partial charge in [-0.25, -0.2) is 9.59 Å². The smallest absolute Gasteiger partial charge is 0.371 e. The van der Waals surface area contributed by atoms with Crippen LogP contribution >= 0.6 is 0 Å². The molecule has 7 nitrogen and oxygen atoms in total. The fourth-order valence-electron chi connectivity index (χ4n) is 1.72. The normalized spacial score (nSPS) is 11.7. The van der Waals surface area contributed by atoms with Gasteiger partial charge in [0, 0.05) is 12.4 Å². The molecular weight excluding hydrogens is 274 g/mol. The average Bonchev–Trinajstić information content (AvgIpc) is 2.95. The zero-order valence-electron chi connectivity index (χ0n) is 11.4. The van der Waals surface area contributed by atoms with Crippen LogP contribution in [0.3, 0.4) is 0 Å². The van der Waals surface area contributed by atoms with Gasteiger partial charge in [0.1, 0.15) is 5.76 Å². The highest BCUT2D eigenvalue weighted by atomic mass is 16.4. The number of aromatic nitrogens is 1. The second-order valence-corrected chi connectivity index (χ2v) is 4.41. The molecule has 2 aromatic rings. The number of rotatable bonds is 5. The monoisotopic (exact) mass is 289 g/mol. The van der Waals surface area contributed by atoms with Crippen molar-refractivity contribution in [2.24, 2.45) is 0 Å². The Kier molecular flexibility index (Phi) is 4.55. The molecule has 0 aliphatic carbocycles. The molecule has 2 aromatic heterocycles. The van der Waals surface area contributed by atoms with E-state index in [0.717, 1.165) is 5.56 Å². The molecule has 0 saturated heterocycles. The van der Waals surface area contributed by atoms with Crippen molar-refractivity contribution in [2.75, 3.05) is 0 Å². The third-order valence-corrected chi connectivity index (χ3v) is 2.83. The van der Waals surface area contributed by atoms with Crippen LogP contribution in [0.15, 0.2) is 41.1 Å². The lowest BCUT2D eigenvalue weighted by Gasteiger charge is -2.14. The summed E-state index contributed by atoms with van der Waals surface area (Å²) in [5, 5.41) is 14.1. The van der Waals surface area contributed by atoms with Gasteiger partial charge in [-0.3, -0.25) is 4.98 Å². The quantitative estimate of drug-likeness (QED) is 0.780. The van der Waals surface area contributed by atoms with Crippen LogP contribution in [0.2, 0.25) is 0 Å². The first-order valence-corrected chi connectivity index (χ1v) is 6.32. The fourth-order valence-corrected chi connectivity index (χ4v) is 1.72. The SMILES string of the molecule is CC(NC(=O)NCc1ccc(C(=O)O)o1)c1cccnc1. The van der Waals surface area contributed by atoms with Crippen LogP contribution in [0.4, 0.5) is 4.79 Å². The van der Waals surface area contributed by atoms with Gasteiger partial charge in [0.15, 0.2) is 0 Å². The standard InChI is InChI=1S/C14H15N3O4/c1-9(10-3-2-6-15-7-10)17-14(20)16-8-11-4-5-12(21-11)13(18)19/h2-7,9H,8H2,1H3,(H,18,19)(H2,16,17,20). The Balaban J connectivity index is 1.83. The molecule has 0 radical (unpaired) electrons. The minimum absolute atomic E-state index is 0.110. The van der Waals surface area contributed by atoms with Gasteiger partial charge in [0.25, 0.3) is 0 Å². The number of carbonyl (C=O) groups is 2. The van der Waals surface area contributed by atoms with Crippen molar-refractivity contribution in [1.82, 2.24) is 15.6 Å². The predicted octanol–water partition coefficient (Wildman–Crippen LogP) is 1.93. The molecule has 3 N–H and O–H groups in total. The molecule has 2 rings (SSSR count). The van der Waals surface area contributed by atoms with E-state index in [9.17, 15) is 9.59 Å². The largest absolute Gasteiger partial charge is 0.475 e. The molecule has 0 aromatic carbocycles. The summed E-state index contributed by atoms with van der Waals surface area (Å²) in [4.78, 5) is 26.4. The number of carboxylic acid groups (broad SMARTS) is 1. The van der Waals surface area contributed by atoms with Gasteiger partial charge >= 0.3 is 12.0 Å². The summed E-state index contributed by atoms with van der Waals surface area (Å²) in [5.41, 5.74) is 0.888. The van der Waals surface area contributed by atoms with Crippen LogP contribution in [0, 0.1) is 0 Å². The minimum Gasteiger partial charge on any atom is -0.475 e. The molecule has 0 bridgehead atoms. The van der Waals surface area contributed by atoms with Gasteiger partial charge < -0.3 is 20.2 Å². The van der Waals surface area contributed by atoms with Gasteiger partial charge in [0.05, 0.1) is 12.6 Å². The Bertz CT molecular complexity index is 624. The third-order valence-electron chi connectivity index (χ3n) is 2.83. The van der Waals surface area contributed by atoms with E-state index in [-0.39, 0.29) is 24.4 Å². The van der Waals surface area contributed by atoms with E-state index in [1.165, 1.54) is 12.1 Å². The number of urea groups is 1. The van der Waals surface area contributed by atoms with E-state index in [0.29, 0.717) is 5.76 Å². The number of carbonyl (C=O) groups excluding carboxylic acids is 1. The van der Waals surface area contributed by atoms with E-state index in [2.05, 4.69) is 15.6 Å². The maximum absolute atomic E-state index is 11.7. The number of hydrogen-bond acceptors (Lipinski definition) is 4. The summed E-state index contributed by atoms with van der Waals surface area (Å²) in [6, 6.07) is 5.94. The van der Waals surface area contributed by atoms with Gasteiger partial charge in [-0.05, 0) is 30.7 Å². The van der Waals surface area contributed by atoms with Crippen LogP contribution < -0.4 is 10.6 Å². The first kappa shape index (κ1) is 14.6. The first-order valence-electron chi connectivity index (χ1n) is 6.32. The molecule has 1 atom stereocenters. The number of nitrogens with zero attached hydrogens (tertiary/aromatic N) is 1. The number of carboxylic acids is 1. The summed E-state index contributed by atoms with van der Waals surface area (Å²) in [7, 11) is 0. The molecule has 7 heteroatoms. The zero-order chi connectivity index (χ0) is 15.2. The third kappa shape index (κ3) is 4.07. The maximum Gasteiger partial charge on any atom is 0.371 e. The van der Waals surface area contributed by atoms with Gasteiger partial charge in [-0.2, -0.15) is 0 Å². The van der Waals surface area contributed by atoms with Gasteiger partial charge in [-0.1, -0.05) is 6.07 Å². The Hall–Kier alpha value is -2.83. The summed E-state index contributed by atoms with van der Waals surface area (Å²) >= 11 is 0. The van der Waals surface area contributed by atoms with Crippen LogP contribution in [0.1, 0.15) is 34.8 Å². The highest BCUT2D eigenvalue weighted by molar-refractivity contribution is 5.84. The topological polar surface area (TPSA) is 104 Å². The molecule has 2 amide bonds. The van der Waals surface area contributed by atoms with E-state index < -0.39 is 5.97 Å². The first-order chi connectivity index (χ1) is 10.1. The Morgan fingerprint density at radius 1 is 1.38 bits per heavy atom. The van der Waals surface area contributed by atoms with Crippen molar-refractivity contribution in [2.45, 2.75) is 19.5 Å². The van der Waals surface area contributed by atoms with E-state index in [4.69, 9.17) is 9.52 Å². The predicted molar refractivity (Wildman–Crippen MR) is 73.7 cm³/mol. The molecule has 0 fully saturated rings. The van der Waals surface area contributed by atoms with Crippen molar-refractivity contribution in [3.05, 3.63) is 53.7 Å². The summed E-state index contributed by atoms with van der Waals surface area (Å²) in [6.07, 6.45) is 3.34. The number of amides is 2. The van der Waals surface area contributed by atoms with Crippen molar-refractivity contribution in [3.63, 3.8) is 0 Å². The van der Waals surface area contributed by atoms with Crippen LogP contribution in [-0.4, -0.2) is 22.1 Å². The van der Waals surface area contributed by atoms with Gasteiger partial charge in [-0.15, -0.1) is 0 Å². The Morgan fingerprint density at radius 2 is 2.19 bits per heavy atom. The van der Waals surface area contributed by atoms with Crippen LogP contribution in [0.5, 0.6) is 0 Å². The lowest BCUT2D eigenvalue weighted by atomic mass is 10.1. The maximum atomic E-state index is 11.7. The molecular formula is C14H15N3O4. The Morgan fingerprint density at radius 3 is 2.81 bits per heavy atom. The molecule has 0 aliphatic rings. The van der Waals surface area contributed by atoms with Crippen molar-refractivity contribution < 1.29 is 19.1 Å². The summed E-state index contributed by atoms with van der Waals surface area (Å²) in [6.45, 7) is 1.95. The van der Waals surface area contributed by atoms with E-state index in [1.54, 1.807) is 18.5 Å². The van der Waals surface area contributed by atoms with Crippen molar-refractivity contribution in [1.29, 1.82) is 0 Å². The number of nitrogens with one attached hydrogen (secondary N) is 2. The number of hydrogen-bond donors (Lipinski definition) is 3. The van der Waals surface area contributed by atoms with Crippen LogP contribution in [-0.2, 0) is 6.54 Å². The average molecular weight is 289 g/mol. The van der Waals surface area contributed by atoms with E-state index >= 15 is 0 Å². The van der Waals surface area contributed by atoms with E-state index in [1.807, 2.05) is 13.0 Å². The van der Waals surface area contributed by atoms with Gasteiger partial charge in [0.2, 0.25) is 5.76 Å². The minimum atomic E-state index is -1.14. The lowest BCUT2D eigenvalue weighted by molar-refractivity contribution is 0.0660.